The van der Waals surface area contributed by atoms with Crippen LogP contribution in [0.2, 0.25) is 0 Å². The van der Waals surface area contributed by atoms with E-state index in [1.807, 2.05) is 27.7 Å². The summed E-state index contributed by atoms with van der Waals surface area (Å²) in [5.41, 5.74) is 4.15. The molecule has 1 aromatic carbocycles. The highest BCUT2D eigenvalue weighted by molar-refractivity contribution is 6.56. The molecule has 1 amide bonds. The number of amides is 1. The van der Waals surface area contributed by atoms with Crippen LogP contribution in [0, 0.1) is 0 Å². The van der Waals surface area contributed by atoms with Crippen molar-refractivity contribution in [3.8, 4) is 0 Å². The Morgan fingerprint density at radius 2 is 1.78 bits per heavy atom. The molecule has 148 valence electrons. The second-order valence-electron chi connectivity index (χ2n) is 7.56. The highest BCUT2D eigenvalue weighted by Gasteiger charge is 2.52. The van der Waals surface area contributed by atoms with E-state index in [1.54, 1.807) is 6.08 Å². The summed E-state index contributed by atoms with van der Waals surface area (Å²) in [6.45, 7) is 9.06. The molecule has 1 aliphatic heterocycles. The minimum absolute atomic E-state index is 0.132. The number of nitrogens with two attached hydrogens (primary N) is 1. The van der Waals surface area contributed by atoms with Gasteiger partial charge in [0, 0.05) is 19.2 Å². The van der Waals surface area contributed by atoms with Gasteiger partial charge in [0.25, 0.3) is 0 Å². The molecule has 2 rings (SSSR count). The van der Waals surface area contributed by atoms with Gasteiger partial charge in [0.2, 0.25) is 5.91 Å². The van der Waals surface area contributed by atoms with Gasteiger partial charge in [-0.1, -0.05) is 12.1 Å². The van der Waals surface area contributed by atoms with Crippen LogP contribution in [0.1, 0.15) is 45.7 Å². The van der Waals surface area contributed by atoms with Gasteiger partial charge in [0.05, 0.1) is 16.8 Å². The fourth-order valence-corrected chi connectivity index (χ4v) is 2.57. The van der Waals surface area contributed by atoms with Gasteiger partial charge in [-0.25, -0.2) is 0 Å². The van der Waals surface area contributed by atoms with Crippen LogP contribution in [-0.4, -0.2) is 30.8 Å². The molecule has 3 N–H and O–H groups in total. The average Bonchev–Trinajstić information content (AvgIpc) is 2.70. The van der Waals surface area contributed by atoms with E-state index in [-0.39, 0.29) is 18.1 Å². The highest BCUT2D eigenvalue weighted by Crippen LogP contribution is 2.39. The maximum absolute atomic E-state index is 12.9. The van der Waals surface area contributed by atoms with Gasteiger partial charge in [-0.15, -0.1) is 0 Å². The van der Waals surface area contributed by atoms with Crippen molar-refractivity contribution < 1.29 is 27.3 Å². The van der Waals surface area contributed by atoms with E-state index in [1.165, 1.54) is 19.1 Å². The Labute approximate surface area is 157 Å². The van der Waals surface area contributed by atoms with Gasteiger partial charge in [-0.2, -0.15) is 13.2 Å². The van der Waals surface area contributed by atoms with Crippen molar-refractivity contribution in [2.24, 2.45) is 0 Å². The van der Waals surface area contributed by atoms with E-state index in [0.29, 0.717) is 11.0 Å². The van der Waals surface area contributed by atoms with Crippen molar-refractivity contribution >= 4 is 24.8 Å². The lowest BCUT2D eigenvalue weighted by Crippen LogP contribution is -2.41. The lowest BCUT2D eigenvalue weighted by atomic mass is 9.77. The molecule has 27 heavy (non-hydrogen) atoms. The number of carbonyl (C=O) groups is 1. The zero-order valence-electron chi connectivity index (χ0n) is 16.0. The number of hydrogen-bond acceptors (Lipinski definition) is 4. The molecule has 0 saturated carbocycles. The standard InChI is InChI=1S/C18H24BF3N2O3/c1-11(25)24-10-13(19-26-16(2,3)17(4,5)27-19)8-12-6-7-14(15(23)9-12)18(20,21)22/h6-9H,10,23H2,1-5H3,(H,24,25). The van der Waals surface area contributed by atoms with Crippen LogP contribution in [0.3, 0.4) is 0 Å². The molecule has 0 aromatic heterocycles. The molecule has 1 aromatic rings. The summed E-state index contributed by atoms with van der Waals surface area (Å²) >= 11 is 0. The molecule has 1 heterocycles. The van der Waals surface area contributed by atoms with E-state index < -0.39 is 30.1 Å². The number of alkyl halides is 3. The first-order valence-electron chi connectivity index (χ1n) is 8.50. The van der Waals surface area contributed by atoms with E-state index in [0.717, 1.165) is 6.07 Å². The molecule has 9 heteroatoms. The molecule has 5 nitrogen and oxygen atoms in total. The van der Waals surface area contributed by atoms with Crippen LogP contribution in [0.15, 0.2) is 23.7 Å². The molecular formula is C18H24BF3N2O3. The summed E-state index contributed by atoms with van der Waals surface area (Å²) in [5.74, 6) is -0.246. The third-order valence-corrected chi connectivity index (χ3v) is 4.83. The molecule has 0 aliphatic carbocycles. The van der Waals surface area contributed by atoms with Crippen molar-refractivity contribution in [1.29, 1.82) is 0 Å². The van der Waals surface area contributed by atoms with Crippen LogP contribution in [0.25, 0.3) is 6.08 Å². The van der Waals surface area contributed by atoms with Crippen molar-refractivity contribution in [2.45, 2.75) is 52.0 Å². The summed E-state index contributed by atoms with van der Waals surface area (Å²) in [6, 6.07) is 3.49. The molecule has 1 aliphatic rings. The average molecular weight is 384 g/mol. The molecule has 0 unspecified atom stereocenters. The van der Waals surface area contributed by atoms with Crippen LogP contribution in [0.4, 0.5) is 18.9 Å². The number of hydrogen-bond donors (Lipinski definition) is 2. The molecule has 0 bridgehead atoms. The number of halogens is 3. The molecule has 0 radical (unpaired) electrons. The van der Waals surface area contributed by atoms with E-state index >= 15 is 0 Å². The quantitative estimate of drug-likeness (QED) is 0.616. The van der Waals surface area contributed by atoms with Crippen LogP contribution >= 0.6 is 0 Å². The third kappa shape index (κ3) is 4.84. The highest BCUT2D eigenvalue weighted by atomic mass is 19.4. The summed E-state index contributed by atoms with van der Waals surface area (Å²) in [6.07, 6.45) is -2.90. The zero-order chi connectivity index (χ0) is 20.6. The Morgan fingerprint density at radius 1 is 1.22 bits per heavy atom. The van der Waals surface area contributed by atoms with Crippen LogP contribution < -0.4 is 11.1 Å². The first-order valence-corrected chi connectivity index (χ1v) is 8.50. The van der Waals surface area contributed by atoms with Crippen molar-refractivity contribution in [3.05, 3.63) is 34.8 Å². The maximum atomic E-state index is 12.9. The predicted octanol–water partition coefficient (Wildman–Crippen LogP) is 3.44. The van der Waals surface area contributed by atoms with Gasteiger partial charge in [-0.3, -0.25) is 4.79 Å². The van der Waals surface area contributed by atoms with Crippen molar-refractivity contribution in [1.82, 2.24) is 5.32 Å². The number of nitrogen functional groups attached to an aromatic ring is 1. The van der Waals surface area contributed by atoms with E-state index in [2.05, 4.69) is 5.32 Å². The summed E-state index contributed by atoms with van der Waals surface area (Å²) in [4.78, 5) is 11.3. The Bertz CT molecular complexity index is 745. The fraction of sp³-hybridized carbons (Fsp3) is 0.500. The number of nitrogens with one attached hydrogen (secondary N) is 1. The Hall–Kier alpha value is -2.00. The first kappa shape index (κ1) is 21.3. The van der Waals surface area contributed by atoms with Gasteiger partial charge in [-0.05, 0) is 50.9 Å². The second-order valence-corrected chi connectivity index (χ2v) is 7.56. The monoisotopic (exact) mass is 384 g/mol. The van der Waals surface area contributed by atoms with E-state index in [4.69, 9.17) is 15.0 Å². The lowest BCUT2D eigenvalue weighted by Gasteiger charge is -2.32. The molecule has 0 spiro atoms. The Morgan fingerprint density at radius 3 is 2.22 bits per heavy atom. The molecular weight excluding hydrogens is 360 g/mol. The van der Waals surface area contributed by atoms with Crippen LogP contribution in [0.5, 0.6) is 0 Å². The SMILES string of the molecule is CC(=O)NCC(=Cc1ccc(C(F)(F)F)c(N)c1)B1OC(C)(C)C(C)(C)O1. The van der Waals surface area contributed by atoms with Gasteiger partial charge >= 0.3 is 13.3 Å². The summed E-state index contributed by atoms with van der Waals surface area (Å²) in [7, 11) is -0.745. The van der Waals surface area contributed by atoms with Crippen LogP contribution in [-0.2, 0) is 20.3 Å². The normalized spacial score (nSPS) is 19.3. The molecule has 1 saturated heterocycles. The lowest BCUT2D eigenvalue weighted by molar-refractivity contribution is -0.136. The van der Waals surface area contributed by atoms with Gasteiger partial charge in [0.15, 0.2) is 0 Å². The third-order valence-electron chi connectivity index (χ3n) is 4.83. The number of benzene rings is 1. The Balaban J connectivity index is 2.37. The number of anilines is 1. The van der Waals surface area contributed by atoms with Crippen molar-refractivity contribution in [2.75, 3.05) is 12.3 Å². The topological polar surface area (TPSA) is 73.6 Å². The van der Waals surface area contributed by atoms with Gasteiger partial charge < -0.3 is 20.4 Å². The van der Waals surface area contributed by atoms with E-state index in [9.17, 15) is 18.0 Å². The minimum Gasteiger partial charge on any atom is -0.400 e. The number of rotatable bonds is 4. The zero-order valence-corrected chi connectivity index (χ0v) is 16.0. The molecule has 0 atom stereocenters. The first-order chi connectivity index (χ1) is 12.2. The predicted molar refractivity (Wildman–Crippen MR) is 98.6 cm³/mol. The largest absolute Gasteiger partial charge is 0.492 e. The minimum atomic E-state index is -4.52. The second kappa shape index (κ2) is 7.20. The smallest absolute Gasteiger partial charge is 0.400 e. The van der Waals surface area contributed by atoms with Crippen molar-refractivity contribution in [3.63, 3.8) is 0 Å². The number of carbonyl (C=O) groups excluding carboxylic acids is 1. The summed E-state index contributed by atoms with van der Waals surface area (Å²) < 4.78 is 50.6. The summed E-state index contributed by atoms with van der Waals surface area (Å²) in [5, 5.41) is 2.67. The molecule has 1 fully saturated rings. The Kier molecular flexibility index (Phi) is 5.68. The fourth-order valence-electron chi connectivity index (χ4n) is 2.57. The maximum Gasteiger partial charge on any atom is 0.492 e. The van der Waals surface area contributed by atoms with Gasteiger partial charge in [0.1, 0.15) is 0 Å².